The van der Waals surface area contributed by atoms with Crippen LogP contribution in [0.25, 0.3) is 0 Å². The number of hydrogen-bond acceptors (Lipinski definition) is 1. The second-order valence-electron chi connectivity index (χ2n) is 3.59. The minimum absolute atomic E-state index is 0. The van der Waals surface area contributed by atoms with E-state index in [0.717, 1.165) is 6.61 Å². The van der Waals surface area contributed by atoms with Crippen molar-refractivity contribution in [1.82, 2.24) is 0 Å². The van der Waals surface area contributed by atoms with Crippen LogP contribution in [0.15, 0.2) is 0 Å². The summed E-state index contributed by atoms with van der Waals surface area (Å²) in [5, 5.41) is 0. The van der Waals surface area contributed by atoms with Crippen LogP contribution in [0, 0.1) is 6.92 Å². The van der Waals surface area contributed by atoms with Gasteiger partial charge in [-0.05, 0) is 6.42 Å². The van der Waals surface area contributed by atoms with Gasteiger partial charge in [0.15, 0.2) is 0 Å². The van der Waals surface area contributed by atoms with Crippen molar-refractivity contribution < 1.29 is 24.2 Å². The molecule has 0 aromatic heterocycles. The van der Waals surface area contributed by atoms with Crippen molar-refractivity contribution in [2.24, 2.45) is 0 Å². The van der Waals surface area contributed by atoms with Crippen molar-refractivity contribution in [2.75, 3.05) is 13.2 Å². The predicted octanol–water partition coefficient (Wildman–Crippen LogP) is 3.98. The normalized spacial score (nSPS) is 9.86. The first-order chi connectivity index (χ1) is 6.41. The molecule has 87 valence electrons. The maximum atomic E-state index is 5.17. The molecule has 0 aromatic carbocycles. The van der Waals surface area contributed by atoms with E-state index >= 15 is 0 Å². The number of hydrogen-bond donors (Lipinski definition) is 0. The zero-order valence-electron chi connectivity index (χ0n) is 9.54. The number of rotatable bonds is 10. The quantitative estimate of drug-likeness (QED) is 0.335. The van der Waals surface area contributed by atoms with E-state index in [1.807, 2.05) is 0 Å². The van der Waals surface area contributed by atoms with E-state index in [-0.39, 0.29) is 19.5 Å². The summed E-state index contributed by atoms with van der Waals surface area (Å²) in [4.78, 5) is 0. The van der Waals surface area contributed by atoms with Crippen LogP contribution in [-0.4, -0.2) is 13.2 Å². The van der Waals surface area contributed by atoms with E-state index in [4.69, 9.17) is 4.74 Å². The first-order valence-electron chi connectivity index (χ1n) is 5.78. The minimum atomic E-state index is 0. The largest absolute Gasteiger partial charge is 1.00 e. The molecule has 0 aliphatic carbocycles. The molecule has 2 heteroatoms. The molecular formula is C12H25ORu. The van der Waals surface area contributed by atoms with Crippen molar-refractivity contribution in [1.29, 1.82) is 0 Å². The molecule has 0 fully saturated rings. The van der Waals surface area contributed by atoms with E-state index in [1.165, 1.54) is 51.4 Å². The van der Waals surface area contributed by atoms with Crippen LogP contribution in [0.4, 0.5) is 0 Å². The van der Waals surface area contributed by atoms with E-state index < -0.39 is 0 Å². The van der Waals surface area contributed by atoms with Gasteiger partial charge in [-0.15, -0.1) is 0 Å². The Balaban J connectivity index is 0. The molecule has 0 saturated heterocycles. The molecule has 0 aliphatic rings. The van der Waals surface area contributed by atoms with E-state index in [1.54, 1.807) is 0 Å². The summed E-state index contributed by atoms with van der Waals surface area (Å²) in [5.74, 6) is 0. The van der Waals surface area contributed by atoms with Crippen LogP contribution in [0.2, 0.25) is 0 Å². The smallest absolute Gasteiger partial charge is 0.413 e. The van der Waals surface area contributed by atoms with Gasteiger partial charge in [-0.2, -0.15) is 0 Å². The number of ether oxygens (including phenoxy) is 1. The Morgan fingerprint density at radius 3 is 1.86 bits per heavy atom. The third-order valence-corrected chi connectivity index (χ3v) is 2.29. The maximum Gasteiger partial charge on any atom is 1.00 e. The summed E-state index contributed by atoms with van der Waals surface area (Å²) < 4.78 is 5.17. The van der Waals surface area contributed by atoms with Gasteiger partial charge in [0.25, 0.3) is 0 Å². The van der Waals surface area contributed by atoms with Gasteiger partial charge in [-0.25, -0.2) is 0 Å². The molecule has 14 heavy (non-hydrogen) atoms. The van der Waals surface area contributed by atoms with Crippen LogP contribution in [0.5, 0.6) is 0 Å². The van der Waals surface area contributed by atoms with E-state index in [2.05, 4.69) is 13.8 Å². The molecule has 0 atom stereocenters. The summed E-state index contributed by atoms with van der Waals surface area (Å²) in [5.41, 5.74) is 0. The fourth-order valence-corrected chi connectivity index (χ4v) is 1.44. The molecule has 0 saturated carbocycles. The Kier molecular flexibility index (Phi) is 19.5. The summed E-state index contributed by atoms with van der Waals surface area (Å²) in [7, 11) is 0. The third-order valence-electron chi connectivity index (χ3n) is 2.29. The number of unbranched alkanes of at least 4 members (excludes halogenated alkanes) is 7. The van der Waals surface area contributed by atoms with E-state index in [9.17, 15) is 0 Å². The zero-order chi connectivity index (χ0) is 9.78. The molecule has 1 nitrogen and oxygen atoms in total. The second kappa shape index (κ2) is 16.0. The van der Waals surface area contributed by atoms with Crippen LogP contribution in [0.3, 0.4) is 0 Å². The SMILES string of the molecule is [CH2-]COCCCCCCCCCC.[Ru+]. The monoisotopic (exact) mass is 287 g/mol. The Bertz CT molecular complexity index is 76.4. The minimum Gasteiger partial charge on any atom is -0.413 e. The summed E-state index contributed by atoms with van der Waals surface area (Å²) in [6.45, 7) is 7.41. The van der Waals surface area contributed by atoms with E-state index in [0.29, 0.717) is 6.61 Å². The average molecular weight is 286 g/mol. The molecule has 1 radical (unpaired) electrons. The van der Waals surface area contributed by atoms with Crippen molar-refractivity contribution in [3.63, 3.8) is 0 Å². The Labute approximate surface area is 103 Å². The Hall–Kier alpha value is 0.583. The van der Waals surface area contributed by atoms with Gasteiger partial charge in [0.1, 0.15) is 0 Å². The van der Waals surface area contributed by atoms with Gasteiger partial charge >= 0.3 is 19.5 Å². The van der Waals surface area contributed by atoms with Gasteiger partial charge < -0.3 is 11.7 Å². The van der Waals surface area contributed by atoms with Gasteiger partial charge in [0.2, 0.25) is 0 Å². The summed E-state index contributed by atoms with van der Waals surface area (Å²) in [6, 6.07) is 0. The predicted molar refractivity (Wildman–Crippen MR) is 58.8 cm³/mol. The fraction of sp³-hybridized carbons (Fsp3) is 0.917. The maximum absolute atomic E-state index is 5.17. The van der Waals surface area contributed by atoms with Gasteiger partial charge in [-0.1, -0.05) is 58.5 Å². The first kappa shape index (κ1) is 17.0. The standard InChI is InChI=1S/C12H25O.Ru/c1-3-5-6-7-8-9-10-11-12-13-4-2;/h2-12H2,1H3;/q-1;+1. The zero-order valence-corrected chi connectivity index (χ0v) is 11.3. The summed E-state index contributed by atoms with van der Waals surface area (Å²) >= 11 is 0. The molecule has 0 bridgehead atoms. The van der Waals surface area contributed by atoms with Crippen LogP contribution in [0.1, 0.15) is 58.3 Å². The molecule has 0 amide bonds. The molecule has 0 aromatic rings. The molecule has 0 unspecified atom stereocenters. The van der Waals surface area contributed by atoms with Crippen LogP contribution < -0.4 is 0 Å². The molecule has 0 rings (SSSR count). The third kappa shape index (κ3) is 15.1. The molecule has 0 heterocycles. The molecule has 0 aliphatic heterocycles. The second-order valence-corrected chi connectivity index (χ2v) is 3.59. The molecule has 0 N–H and O–H groups in total. The van der Waals surface area contributed by atoms with Crippen molar-refractivity contribution in [3.8, 4) is 0 Å². The average Bonchev–Trinajstić information content (AvgIpc) is 2.16. The van der Waals surface area contributed by atoms with Crippen LogP contribution in [-0.2, 0) is 24.2 Å². The molecular weight excluding hydrogens is 261 g/mol. The van der Waals surface area contributed by atoms with Crippen molar-refractivity contribution >= 4 is 0 Å². The van der Waals surface area contributed by atoms with Crippen LogP contribution >= 0.6 is 0 Å². The summed E-state index contributed by atoms with van der Waals surface area (Å²) in [6.07, 6.45) is 10.9. The van der Waals surface area contributed by atoms with Gasteiger partial charge in [-0.3, -0.25) is 0 Å². The molecule has 0 spiro atoms. The van der Waals surface area contributed by atoms with Gasteiger partial charge in [0, 0.05) is 6.61 Å². The Morgan fingerprint density at radius 1 is 0.857 bits per heavy atom. The fourth-order valence-electron chi connectivity index (χ4n) is 1.44. The van der Waals surface area contributed by atoms with Crippen molar-refractivity contribution in [2.45, 2.75) is 58.3 Å². The van der Waals surface area contributed by atoms with Crippen molar-refractivity contribution in [3.05, 3.63) is 6.92 Å². The first-order valence-corrected chi connectivity index (χ1v) is 5.78. The Morgan fingerprint density at radius 2 is 1.36 bits per heavy atom. The topological polar surface area (TPSA) is 9.23 Å². The van der Waals surface area contributed by atoms with Gasteiger partial charge in [0.05, 0.1) is 0 Å².